The fourth-order valence-corrected chi connectivity index (χ4v) is 3.69. The lowest BCUT2D eigenvalue weighted by atomic mass is 10.0. The lowest BCUT2D eigenvalue weighted by Crippen LogP contribution is -2.01. The van der Waals surface area contributed by atoms with Crippen LogP contribution in [-0.4, -0.2) is 21.6 Å². The van der Waals surface area contributed by atoms with Crippen molar-refractivity contribution in [2.45, 2.75) is 6.54 Å². The minimum atomic E-state index is -0.358. The Labute approximate surface area is 184 Å². The van der Waals surface area contributed by atoms with Crippen molar-refractivity contribution in [3.63, 3.8) is 0 Å². The number of nitrogens with zero attached hydrogens (tertiary/aromatic N) is 3. The molecular weight excluding hydrogens is 408 g/mol. The summed E-state index contributed by atoms with van der Waals surface area (Å²) in [5.41, 5.74) is 3.84. The molecule has 0 fully saturated rings. The Balaban J connectivity index is 1.40. The molecule has 0 spiro atoms. The van der Waals surface area contributed by atoms with Crippen LogP contribution in [0.3, 0.4) is 0 Å². The van der Waals surface area contributed by atoms with Crippen LogP contribution in [0.4, 0.5) is 8.78 Å². The number of fused-ring (bicyclic) bond motifs is 1. The number of hydrogen-bond acceptors (Lipinski definition) is 3. The van der Waals surface area contributed by atoms with Gasteiger partial charge in [-0.05, 0) is 47.5 Å². The van der Waals surface area contributed by atoms with Crippen LogP contribution in [0.2, 0.25) is 0 Å². The molecular formula is C26H19F2N3O. The second kappa shape index (κ2) is 8.23. The van der Waals surface area contributed by atoms with E-state index in [1.165, 1.54) is 12.1 Å². The third-order valence-electron chi connectivity index (χ3n) is 5.34. The van der Waals surface area contributed by atoms with E-state index in [1.807, 2.05) is 53.4 Å². The molecule has 3 aromatic carbocycles. The number of aromatic nitrogens is 3. The summed E-state index contributed by atoms with van der Waals surface area (Å²) in [6.07, 6.45) is 3.69. The van der Waals surface area contributed by atoms with Crippen LogP contribution in [0.5, 0.6) is 5.75 Å². The molecule has 2 heterocycles. The molecule has 0 bridgehead atoms. The zero-order valence-electron chi connectivity index (χ0n) is 17.3. The second-order valence-electron chi connectivity index (χ2n) is 7.46. The van der Waals surface area contributed by atoms with Crippen molar-refractivity contribution in [1.82, 2.24) is 14.5 Å². The van der Waals surface area contributed by atoms with Gasteiger partial charge in [-0.15, -0.1) is 0 Å². The molecule has 6 heteroatoms. The number of benzene rings is 3. The number of methoxy groups -OCH3 is 1. The lowest BCUT2D eigenvalue weighted by Gasteiger charge is -2.10. The first kappa shape index (κ1) is 19.9. The van der Waals surface area contributed by atoms with E-state index in [0.717, 1.165) is 16.9 Å². The number of pyridine rings is 1. The normalized spacial score (nSPS) is 11.1. The molecule has 0 saturated heterocycles. The van der Waals surface area contributed by atoms with E-state index < -0.39 is 0 Å². The van der Waals surface area contributed by atoms with Gasteiger partial charge in [0.05, 0.1) is 18.4 Å². The fourth-order valence-electron chi connectivity index (χ4n) is 3.69. The molecule has 0 N–H and O–H groups in total. The average molecular weight is 427 g/mol. The zero-order valence-corrected chi connectivity index (χ0v) is 17.3. The summed E-state index contributed by atoms with van der Waals surface area (Å²) in [7, 11) is 1.60. The molecule has 32 heavy (non-hydrogen) atoms. The summed E-state index contributed by atoms with van der Waals surface area (Å²) in [5, 5.41) is 0. The maximum absolute atomic E-state index is 14.8. The van der Waals surface area contributed by atoms with Gasteiger partial charge in [-0.2, -0.15) is 0 Å². The largest absolute Gasteiger partial charge is 0.497 e. The fraction of sp³-hybridized carbons (Fsp3) is 0.0769. The van der Waals surface area contributed by atoms with E-state index in [2.05, 4.69) is 9.97 Å². The highest BCUT2D eigenvalue weighted by atomic mass is 19.1. The lowest BCUT2D eigenvalue weighted by molar-refractivity contribution is 0.415. The van der Waals surface area contributed by atoms with Crippen molar-refractivity contribution in [1.29, 1.82) is 0 Å². The van der Waals surface area contributed by atoms with Gasteiger partial charge in [-0.3, -0.25) is 0 Å². The summed E-state index contributed by atoms with van der Waals surface area (Å²) in [6, 6.07) is 20.8. The standard InChI is InChI=1S/C26H19F2N3O/c1-32-19-9-7-18(8-10-19)20-11-6-17(14-23(20)28)15-31-13-12-24-25(16-31)30-26(29-24)21-4-2-3-5-22(21)27/h2-14,16H,15H2,1H3. The van der Waals surface area contributed by atoms with E-state index in [0.29, 0.717) is 34.9 Å². The topological polar surface area (TPSA) is 39.9 Å². The summed E-state index contributed by atoms with van der Waals surface area (Å²) in [4.78, 5) is 8.91. The van der Waals surface area contributed by atoms with Gasteiger partial charge in [-0.25, -0.2) is 18.7 Å². The highest BCUT2D eigenvalue weighted by molar-refractivity contribution is 5.66. The maximum Gasteiger partial charge on any atom is 0.163 e. The van der Waals surface area contributed by atoms with E-state index in [9.17, 15) is 8.78 Å². The van der Waals surface area contributed by atoms with Gasteiger partial charge in [0.2, 0.25) is 0 Å². The summed E-state index contributed by atoms with van der Waals surface area (Å²) in [6.45, 7) is 0.470. The van der Waals surface area contributed by atoms with Gasteiger partial charge in [0.15, 0.2) is 5.82 Å². The van der Waals surface area contributed by atoms with Gasteiger partial charge >= 0.3 is 0 Å². The number of hydrogen-bond donors (Lipinski definition) is 0. The molecule has 3 aromatic rings. The Morgan fingerprint density at radius 2 is 1.59 bits per heavy atom. The molecule has 0 unspecified atom stereocenters. The molecule has 0 amide bonds. The minimum Gasteiger partial charge on any atom is -0.497 e. The smallest absolute Gasteiger partial charge is 0.163 e. The average Bonchev–Trinajstić information content (AvgIpc) is 3.23. The Hall–Kier alpha value is -4.06. The maximum atomic E-state index is 14.8. The molecule has 5 rings (SSSR count). The Bertz CT molecular complexity index is 1360. The zero-order chi connectivity index (χ0) is 22.1. The summed E-state index contributed by atoms with van der Waals surface area (Å²) < 4.78 is 35.9. The van der Waals surface area contributed by atoms with Gasteiger partial charge in [-0.1, -0.05) is 36.4 Å². The molecule has 0 radical (unpaired) electrons. The van der Waals surface area contributed by atoms with Crippen LogP contribution in [0.25, 0.3) is 33.9 Å². The number of rotatable bonds is 5. The third-order valence-corrected chi connectivity index (χ3v) is 5.34. The van der Waals surface area contributed by atoms with Gasteiger partial charge < -0.3 is 9.30 Å². The number of ether oxygens (including phenoxy) is 1. The van der Waals surface area contributed by atoms with Gasteiger partial charge in [0.25, 0.3) is 0 Å². The highest BCUT2D eigenvalue weighted by Crippen LogP contribution is 2.28. The predicted molar refractivity (Wildman–Crippen MR) is 120 cm³/mol. The second-order valence-corrected chi connectivity index (χ2v) is 7.46. The Morgan fingerprint density at radius 3 is 2.34 bits per heavy atom. The van der Waals surface area contributed by atoms with Crippen LogP contribution in [0.15, 0.2) is 85.2 Å². The Morgan fingerprint density at radius 1 is 0.812 bits per heavy atom. The first-order chi connectivity index (χ1) is 15.6. The van der Waals surface area contributed by atoms with Gasteiger partial charge in [0.1, 0.15) is 23.1 Å². The molecule has 158 valence electrons. The molecule has 4 nitrogen and oxygen atoms in total. The number of imidazole rings is 1. The summed E-state index contributed by atoms with van der Waals surface area (Å²) in [5.74, 6) is 0.435. The SMILES string of the molecule is COc1ccc(-c2ccc(Cn3ccc4nc(-c5ccccc5F)nc-4c3)cc2F)cc1. The summed E-state index contributed by atoms with van der Waals surface area (Å²) >= 11 is 0. The van der Waals surface area contributed by atoms with Crippen molar-refractivity contribution >= 4 is 0 Å². The molecule has 0 aromatic heterocycles. The van der Waals surface area contributed by atoms with Crippen molar-refractivity contribution < 1.29 is 13.5 Å². The number of halogens is 2. The van der Waals surface area contributed by atoms with Crippen LogP contribution >= 0.6 is 0 Å². The van der Waals surface area contributed by atoms with Crippen LogP contribution < -0.4 is 4.74 Å². The molecule has 2 aliphatic heterocycles. The first-order valence-electron chi connectivity index (χ1n) is 10.1. The van der Waals surface area contributed by atoms with Gasteiger partial charge in [0, 0.05) is 24.5 Å². The molecule has 0 saturated carbocycles. The Kier molecular flexibility index (Phi) is 5.11. The van der Waals surface area contributed by atoms with Crippen molar-refractivity contribution in [3.8, 4) is 39.7 Å². The minimum absolute atomic E-state index is 0.288. The first-order valence-corrected chi connectivity index (χ1v) is 10.1. The van der Waals surface area contributed by atoms with E-state index >= 15 is 0 Å². The predicted octanol–water partition coefficient (Wildman–Crippen LogP) is 6.05. The molecule has 2 aliphatic rings. The highest BCUT2D eigenvalue weighted by Gasteiger charge is 2.15. The van der Waals surface area contributed by atoms with Crippen molar-refractivity contribution in [2.24, 2.45) is 0 Å². The quantitative estimate of drug-likeness (QED) is 0.343. The third kappa shape index (κ3) is 3.83. The van der Waals surface area contributed by atoms with E-state index in [1.54, 1.807) is 31.4 Å². The van der Waals surface area contributed by atoms with Crippen LogP contribution in [-0.2, 0) is 6.54 Å². The van der Waals surface area contributed by atoms with Crippen molar-refractivity contribution in [2.75, 3.05) is 7.11 Å². The molecule has 0 aliphatic carbocycles. The van der Waals surface area contributed by atoms with Crippen LogP contribution in [0, 0.1) is 11.6 Å². The van der Waals surface area contributed by atoms with E-state index in [4.69, 9.17) is 4.74 Å². The van der Waals surface area contributed by atoms with E-state index in [-0.39, 0.29) is 11.6 Å². The van der Waals surface area contributed by atoms with Crippen molar-refractivity contribution in [3.05, 3.63) is 102 Å². The monoisotopic (exact) mass is 427 g/mol. The molecule has 0 atom stereocenters. The van der Waals surface area contributed by atoms with Crippen LogP contribution in [0.1, 0.15) is 5.56 Å².